The molecule has 2 aliphatic rings. The van der Waals surface area contributed by atoms with E-state index in [1.807, 2.05) is 0 Å². The summed E-state index contributed by atoms with van der Waals surface area (Å²) in [6.45, 7) is 0. The first-order chi connectivity index (χ1) is 10.4. The number of allylic oxidation sites excluding steroid dienone is 1. The van der Waals surface area contributed by atoms with Gasteiger partial charge in [0.1, 0.15) is 0 Å². The Hall–Kier alpha value is -2.60. The molecule has 0 atom stereocenters. The van der Waals surface area contributed by atoms with Gasteiger partial charge in [-0.05, 0) is 60.7 Å². The number of fused-ring (bicyclic) bond motifs is 1. The van der Waals surface area contributed by atoms with Gasteiger partial charge in [-0.3, -0.25) is 0 Å². The third kappa shape index (κ3) is 1.03. The van der Waals surface area contributed by atoms with E-state index in [2.05, 4.69) is 60.7 Å². The second kappa shape index (κ2) is 3.17. The van der Waals surface area contributed by atoms with Crippen LogP contribution in [0, 0.1) is 0 Å². The average molecular weight is 264 g/mol. The summed E-state index contributed by atoms with van der Waals surface area (Å²) in [7, 11) is 0. The molecule has 0 spiro atoms. The molecule has 0 nitrogen and oxygen atoms in total. The zero-order valence-electron chi connectivity index (χ0n) is 11.5. The molecule has 4 aromatic carbocycles. The Bertz CT molecular complexity index is 1190. The quantitative estimate of drug-likeness (QED) is 0.313. The van der Waals surface area contributed by atoms with Crippen LogP contribution in [0.1, 0.15) is 17.5 Å². The van der Waals surface area contributed by atoms with Crippen LogP contribution < -0.4 is 5.22 Å². The molecular weight excluding hydrogens is 252 g/mol. The molecule has 4 aromatic rings. The molecule has 0 amide bonds. The van der Waals surface area contributed by atoms with Gasteiger partial charge in [-0.1, -0.05) is 60.7 Å². The first-order valence-corrected chi connectivity index (χ1v) is 7.53. The Labute approximate surface area is 122 Å². The van der Waals surface area contributed by atoms with Crippen molar-refractivity contribution in [3.8, 4) is 0 Å². The van der Waals surface area contributed by atoms with Crippen molar-refractivity contribution in [1.82, 2.24) is 0 Å². The molecule has 0 heteroatoms. The lowest BCUT2D eigenvalue weighted by Crippen LogP contribution is -2.09. The van der Waals surface area contributed by atoms with Gasteiger partial charge in [0.15, 0.2) is 0 Å². The van der Waals surface area contributed by atoms with Crippen LogP contribution in [0.15, 0.2) is 48.5 Å². The first-order valence-electron chi connectivity index (χ1n) is 7.53. The molecule has 0 bridgehead atoms. The molecule has 0 N–H and O–H groups in total. The molecule has 2 aliphatic carbocycles. The van der Waals surface area contributed by atoms with Crippen LogP contribution >= 0.6 is 0 Å². The third-order valence-corrected chi connectivity index (χ3v) is 5.16. The van der Waals surface area contributed by atoms with E-state index >= 15 is 0 Å². The maximum absolute atomic E-state index is 2.39. The van der Waals surface area contributed by atoms with Crippen LogP contribution in [-0.2, 0) is 0 Å². The van der Waals surface area contributed by atoms with Gasteiger partial charge in [0.25, 0.3) is 0 Å². The maximum Gasteiger partial charge on any atom is -0.00203 e. The van der Waals surface area contributed by atoms with Gasteiger partial charge in [0, 0.05) is 0 Å². The largest absolute Gasteiger partial charge is 0.0722 e. The normalized spacial score (nSPS) is 15.1. The van der Waals surface area contributed by atoms with Crippen LogP contribution in [0.2, 0.25) is 0 Å². The minimum absolute atomic E-state index is 1.06. The van der Waals surface area contributed by atoms with Crippen LogP contribution in [0.25, 0.3) is 50.0 Å². The molecule has 0 aromatic heterocycles. The molecule has 21 heavy (non-hydrogen) atoms. The summed E-state index contributed by atoms with van der Waals surface area (Å²) in [6, 6.07) is 18.0. The van der Waals surface area contributed by atoms with Crippen molar-refractivity contribution in [3.05, 3.63) is 64.9 Å². The summed E-state index contributed by atoms with van der Waals surface area (Å²) in [5.41, 5.74) is 4.39. The van der Waals surface area contributed by atoms with Crippen molar-refractivity contribution in [2.24, 2.45) is 0 Å². The van der Waals surface area contributed by atoms with E-state index in [-0.39, 0.29) is 0 Å². The lowest BCUT2D eigenvalue weighted by molar-refractivity contribution is 1.48. The molecule has 96 valence electrons. The van der Waals surface area contributed by atoms with Gasteiger partial charge in [0.2, 0.25) is 0 Å². The Morgan fingerprint density at radius 1 is 0.714 bits per heavy atom. The van der Waals surface area contributed by atoms with Gasteiger partial charge < -0.3 is 0 Å². The Morgan fingerprint density at radius 3 is 2.52 bits per heavy atom. The second-order valence-corrected chi connectivity index (χ2v) is 6.16. The number of benzene rings is 4. The van der Waals surface area contributed by atoms with Gasteiger partial charge in [-0.15, -0.1) is 0 Å². The highest BCUT2D eigenvalue weighted by Gasteiger charge is 2.23. The monoisotopic (exact) mass is 264 g/mol. The van der Waals surface area contributed by atoms with Crippen LogP contribution in [-0.4, -0.2) is 0 Å². The Kier molecular flexibility index (Phi) is 1.54. The van der Waals surface area contributed by atoms with Gasteiger partial charge in [0.05, 0.1) is 0 Å². The van der Waals surface area contributed by atoms with E-state index in [1.165, 1.54) is 54.2 Å². The lowest BCUT2D eigenvalue weighted by Gasteiger charge is -2.18. The standard InChI is InChI=1S/C21H12/c1-3-12-7-8-13-9-10-15-11-14-4-2-6-17-16(5-1)18(12)20(13)21(15)19(14)17/h1-9,11H,10H2. The van der Waals surface area contributed by atoms with Crippen molar-refractivity contribution >= 4 is 50.0 Å². The highest BCUT2D eigenvalue weighted by atomic mass is 14.3. The summed E-state index contributed by atoms with van der Waals surface area (Å²) in [5.74, 6) is 0. The van der Waals surface area contributed by atoms with Crippen LogP contribution in [0.4, 0.5) is 0 Å². The minimum Gasteiger partial charge on any atom is -0.0722 e. The molecular formula is C21H12. The van der Waals surface area contributed by atoms with Crippen molar-refractivity contribution in [1.29, 1.82) is 0 Å². The van der Waals surface area contributed by atoms with Gasteiger partial charge >= 0.3 is 0 Å². The number of hydrogen-bond acceptors (Lipinski definition) is 0. The number of hydrogen-bond donors (Lipinski definition) is 0. The molecule has 0 saturated heterocycles. The molecule has 0 radical (unpaired) electrons. The van der Waals surface area contributed by atoms with E-state index in [4.69, 9.17) is 0 Å². The highest BCUT2D eigenvalue weighted by molar-refractivity contribution is 6.30. The zero-order valence-corrected chi connectivity index (χ0v) is 11.5. The topological polar surface area (TPSA) is 0 Å². The van der Waals surface area contributed by atoms with E-state index in [1.54, 1.807) is 0 Å². The van der Waals surface area contributed by atoms with Crippen molar-refractivity contribution < 1.29 is 0 Å². The van der Waals surface area contributed by atoms with E-state index in [0.717, 1.165) is 6.42 Å². The maximum atomic E-state index is 2.39. The third-order valence-electron chi connectivity index (χ3n) is 5.16. The average Bonchev–Trinajstić information content (AvgIpc) is 2.92. The summed E-state index contributed by atoms with van der Waals surface area (Å²) in [4.78, 5) is 0. The van der Waals surface area contributed by atoms with E-state index in [0.29, 0.717) is 0 Å². The Balaban J connectivity index is 2.16. The predicted octanol–water partition coefficient (Wildman–Crippen LogP) is 4.90. The van der Waals surface area contributed by atoms with Crippen molar-refractivity contribution in [3.63, 3.8) is 0 Å². The lowest BCUT2D eigenvalue weighted by atomic mass is 9.85. The highest BCUT2D eigenvalue weighted by Crippen LogP contribution is 2.46. The smallest absolute Gasteiger partial charge is 0.00203 e. The van der Waals surface area contributed by atoms with E-state index < -0.39 is 0 Å². The molecule has 0 fully saturated rings. The molecule has 0 aliphatic heterocycles. The van der Waals surface area contributed by atoms with Crippen molar-refractivity contribution in [2.45, 2.75) is 6.42 Å². The fraction of sp³-hybridized carbons (Fsp3) is 0.0476. The molecule has 6 rings (SSSR count). The van der Waals surface area contributed by atoms with Gasteiger partial charge in [-0.25, -0.2) is 0 Å². The second-order valence-electron chi connectivity index (χ2n) is 6.16. The molecule has 0 heterocycles. The Morgan fingerprint density at radius 2 is 1.57 bits per heavy atom. The molecule has 0 saturated carbocycles. The predicted molar refractivity (Wildman–Crippen MR) is 91.1 cm³/mol. The van der Waals surface area contributed by atoms with Crippen LogP contribution in [0.3, 0.4) is 0 Å². The summed E-state index contributed by atoms with van der Waals surface area (Å²) < 4.78 is 0. The SMILES string of the molecule is C1=C2CC=c3ccc4cccc5c6cccc1c6c2c3c45. The number of rotatable bonds is 0. The van der Waals surface area contributed by atoms with Gasteiger partial charge in [-0.2, -0.15) is 0 Å². The zero-order chi connectivity index (χ0) is 13.6. The fourth-order valence-electron chi connectivity index (χ4n) is 4.34. The summed E-state index contributed by atoms with van der Waals surface area (Å²) in [5, 5.41) is 9.95. The summed E-state index contributed by atoms with van der Waals surface area (Å²) >= 11 is 0. The fourth-order valence-corrected chi connectivity index (χ4v) is 4.34. The van der Waals surface area contributed by atoms with Crippen molar-refractivity contribution in [2.75, 3.05) is 0 Å². The molecule has 0 unspecified atom stereocenters. The first kappa shape index (κ1) is 10.2. The minimum atomic E-state index is 1.06. The van der Waals surface area contributed by atoms with Crippen LogP contribution in [0.5, 0.6) is 0 Å². The van der Waals surface area contributed by atoms with E-state index in [9.17, 15) is 0 Å². The summed E-state index contributed by atoms with van der Waals surface area (Å²) in [6.07, 6.45) is 5.83.